The zero-order valence-corrected chi connectivity index (χ0v) is 22.9. The van der Waals surface area contributed by atoms with Crippen molar-refractivity contribution >= 4 is 29.6 Å². The van der Waals surface area contributed by atoms with Crippen molar-refractivity contribution in [1.82, 2.24) is 24.8 Å². The van der Waals surface area contributed by atoms with Gasteiger partial charge in [-0.05, 0) is 29.7 Å². The van der Waals surface area contributed by atoms with Crippen LogP contribution in [0.4, 0.5) is 4.79 Å². The Balaban J connectivity index is 2.17. The summed E-state index contributed by atoms with van der Waals surface area (Å²) in [7, 11) is 1.61. The smallest absolute Gasteiger partial charge is 0.437 e. The fourth-order valence-corrected chi connectivity index (χ4v) is 3.26. The molecule has 2 unspecified atom stereocenters. The summed E-state index contributed by atoms with van der Waals surface area (Å²) >= 11 is 5.77. The Morgan fingerprint density at radius 3 is 2.42 bits per heavy atom. The van der Waals surface area contributed by atoms with Crippen molar-refractivity contribution in [3.63, 3.8) is 0 Å². The van der Waals surface area contributed by atoms with E-state index in [1.165, 1.54) is 4.42 Å². The van der Waals surface area contributed by atoms with Gasteiger partial charge in [0.1, 0.15) is 6.61 Å². The molecular formula is C26H34ClN5O6. The van der Waals surface area contributed by atoms with Gasteiger partial charge in [0.05, 0.1) is 12.6 Å². The molecule has 11 nitrogen and oxygen atoms in total. The molecule has 206 valence electrons. The topological polar surface area (TPSA) is 136 Å². The number of aromatic nitrogens is 2. The maximum Gasteiger partial charge on any atom is 0.437 e. The molecule has 12 heteroatoms. The molecule has 0 aliphatic heterocycles. The third-order valence-corrected chi connectivity index (χ3v) is 5.20. The summed E-state index contributed by atoms with van der Waals surface area (Å²) in [4.78, 5) is 50.9. The van der Waals surface area contributed by atoms with Crippen molar-refractivity contribution in [3.05, 3.63) is 52.3 Å². The van der Waals surface area contributed by atoms with Crippen LogP contribution in [0.15, 0.2) is 39.5 Å². The van der Waals surface area contributed by atoms with Gasteiger partial charge in [-0.15, -0.1) is 5.10 Å². The summed E-state index contributed by atoms with van der Waals surface area (Å²) in [5.74, 6) is 2.87. The van der Waals surface area contributed by atoms with Crippen LogP contribution in [0.3, 0.4) is 0 Å². The van der Waals surface area contributed by atoms with E-state index in [4.69, 9.17) is 20.9 Å². The van der Waals surface area contributed by atoms with Gasteiger partial charge in [-0.3, -0.25) is 14.9 Å². The first-order valence-corrected chi connectivity index (χ1v) is 12.6. The molecule has 2 atom stereocenters. The monoisotopic (exact) mass is 547 g/mol. The molecule has 0 aliphatic rings. The molecular weight excluding hydrogens is 514 g/mol. The van der Waals surface area contributed by atoms with Gasteiger partial charge < -0.3 is 14.5 Å². The first-order chi connectivity index (χ1) is 18.0. The third-order valence-electron chi connectivity index (χ3n) is 5.03. The van der Waals surface area contributed by atoms with Gasteiger partial charge in [0.25, 0.3) is 11.8 Å². The van der Waals surface area contributed by atoms with Crippen LogP contribution in [-0.2, 0) is 22.7 Å². The maximum atomic E-state index is 13.2. The van der Waals surface area contributed by atoms with Crippen molar-refractivity contribution < 1.29 is 23.5 Å². The molecule has 1 aromatic heterocycles. The minimum atomic E-state index is -1.29. The van der Waals surface area contributed by atoms with Gasteiger partial charge in [0.2, 0.25) is 5.78 Å². The number of hydrogen-bond donors (Lipinski definition) is 2. The highest BCUT2D eigenvalue weighted by molar-refractivity contribution is 6.13. The minimum Gasteiger partial charge on any atom is -0.445 e. The maximum absolute atomic E-state index is 13.2. The number of benzene rings is 1. The number of hydrogen-bond acceptors (Lipinski definition) is 8. The number of halogens is 1. The highest BCUT2D eigenvalue weighted by Gasteiger charge is 2.31. The number of Topliss-reactive ketones (excluding diaryl/α,β-unsaturated/α-hetero) is 1. The lowest BCUT2D eigenvalue weighted by molar-refractivity contribution is -0.122. The highest BCUT2D eigenvalue weighted by atomic mass is 35.5. The van der Waals surface area contributed by atoms with Crippen LogP contribution in [0.1, 0.15) is 50.4 Å². The summed E-state index contributed by atoms with van der Waals surface area (Å²) in [6.07, 6.45) is -0.610. The molecule has 0 radical (unpaired) electrons. The van der Waals surface area contributed by atoms with Crippen molar-refractivity contribution in [1.29, 1.82) is 0 Å². The number of amides is 2. The van der Waals surface area contributed by atoms with Crippen LogP contribution in [0.25, 0.3) is 0 Å². The molecule has 2 rings (SSSR count). The number of nitrogens with one attached hydrogen (secondary N) is 2. The molecule has 0 fully saturated rings. The third kappa shape index (κ3) is 10.4. The average Bonchev–Trinajstić information content (AvgIpc) is 3.23. The SMILES string of the molecule is CC(C)C#CC(NC(=O)OCc1ccccc1)C(=O)NC(CC(C)C)C(=O)c1nn(CCN(C)Cl)c(=O)o1. The summed E-state index contributed by atoms with van der Waals surface area (Å²) < 4.78 is 12.6. The number of alkyl carbamates (subject to hydrolysis) is 1. The lowest BCUT2D eigenvalue weighted by Gasteiger charge is -2.20. The van der Waals surface area contributed by atoms with Gasteiger partial charge in [-0.2, -0.15) is 4.68 Å². The summed E-state index contributed by atoms with van der Waals surface area (Å²) in [6.45, 7) is 7.81. The number of carbonyl (C=O) groups is 3. The van der Waals surface area contributed by atoms with E-state index in [2.05, 4.69) is 27.6 Å². The molecule has 2 aromatic rings. The lowest BCUT2D eigenvalue weighted by atomic mass is 9.99. The summed E-state index contributed by atoms with van der Waals surface area (Å²) in [6, 6.07) is 6.71. The first-order valence-electron chi connectivity index (χ1n) is 12.2. The average molecular weight is 548 g/mol. The van der Waals surface area contributed by atoms with Gasteiger partial charge in [-0.1, -0.05) is 69.9 Å². The molecule has 0 spiro atoms. The van der Waals surface area contributed by atoms with Crippen LogP contribution in [-0.4, -0.2) is 57.7 Å². The van der Waals surface area contributed by atoms with E-state index in [1.807, 2.05) is 45.9 Å². The van der Waals surface area contributed by atoms with Crippen molar-refractivity contribution in [2.45, 2.75) is 59.4 Å². The van der Waals surface area contributed by atoms with Crippen LogP contribution in [0.5, 0.6) is 0 Å². The molecule has 1 heterocycles. The van der Waals surface area contributed by atoms with E-state index in [0.29, 0.717) is 0 Å². The van der Waals surface area contributed by atoms with E-state index in [0.717, 1.165) is 10.2 Å². The normalized spacial score (nSPS) is 12.6. The molecule has 2 N–H and O–H groups in total. The number of nitrogens with zero attached hydrogens (tertiary/aromatic N) is 3. The van der Waals surface area contributed by atoms with Gasteiger partial charge >= 0.3 is 11.8 Å². The largest absolute Gasteiger partial charge is 0.445 e. The minimum absolute atomic E-state index is 0.00745. The number of ether oxygens (including phenoxy) is 1. The van der Waals surface area contributed by atoms with Crippen LogP contribution < -0.4 is 16.4 Å². The second-order valence-electron chi connectivity index (χ2n) is 9.36. The predicted molar refractivity (Wildman–Crippen MR) is 141 cm³/mol. The molecule has 0 aliphatic carbocycles. The number of rotatable bonds is 12. The Morgan fingerprint density at radius 1 is 1.13 bits per heavy atom. The molecule has 1 aromatic carbocycles. The zero-order valence-electron chi connectivity index (χ0n) is 22.2. The Labute approximate surface area is 227 Å². The molecule has 0 bridgehead atoms. The van der Waals surface area contributed by atoms with Crippen molar-refractivity contribution in [2.75, 3.05) is 13.6 Å². The lowest BCUT2D eigenvalue weighted by Crippen LogP contribution is -2.51. The van der Waals surface area contributed by atoms with E-state index in [1.54, 1.807) is 19.2 Å². The summed E-state index contributed by atoms with van der Waals surface area (Å²) in [5, 5.41) is 9.04. The predicted octanol–water partition coefficient (Wildman–Crippen LogP) is 2.59. The van der Waals surface area contributed by atoms with E-state index < -0.39 is 41.5 Å². The van der Waals surface area contributed by atoms with Gasteiger partial charge in [-0.25, -0.2) is 14.0 Å². The number of ketones is 1. The van der Waals surface area contributed by atoms with Crippen molar-refractivity contribution in [3.8, 4) is 11.8 Å². The van der Waals surface area contributed by atoms with Gasteiger partial charge in [0.15, 0.2) is 6.04 Å². The second kappa shape index (κ2) is 15.0. The van der Waals surface area contributed by atoms with E-state index in [-0.39, 0.29) is 38.0 Å². The van der Waals surface area contributed by atoms with Crippen LogP contribution in [0.2, 0.25) is 0 Å². The number of likely N-dealkylation sites (N-methyl/N-ethyl adjacent to an activating group) is 1. The van der Waals surface area contributed by atoms with Crippen molar-refractivity contribution in [2.24, 2.45) is 11.8 Å². The van der Waals surface area contributed by atoms with E-state index in [9.17, 15) is 19.2 Å². The molecule has 0 saturated carbocycles. The zero-order chi connectivity index (χ0) is 28.2. The Hall–Kier alpha value is -3.62. The molecule has 2 amide bonds. The Kier molecular flexibility index (Phi) is 12.0. The highest BCUT2D eigenvalue weighted by Crippen LogP contribution is 2.10. The molecule has 0 saturated heterocycles. The Bertz CT molecular complexity index is 1200. The quantitative estimate of drug-likeness (QED) is 0.235. The van der Waals surface area contributed by atoms with E-state index >= 15 is 0 Å². The Morgan fingerprint density at radius 2 is 1.82 bits per heavy atom. The summed E-state index contributed by atoms with van der Waals surface area (Å²) in [5.41, 5.74) is 0.776. The van der Waals surface area contributed by atoms with Crippen LogP contribution >= 0.6 is 11.8 Å². The standard InChI is InChI=1S/C26H34ClN5O6/c1-17(2)11-12-20(29-25(35)37-16-19-9-7-6-8-10-19)23(34)28-21(15-18(3)4)22(33)24-30-32(26(36)38-24)14-13-31(5)27/h6-10,17-18,20-21H,13-16H2,1-5H3,(H,28,34)(H,29,35). The second-order valence-corrected chi connectivity index (χ2v) is 9.94. The van der Waals surface area contributed by atoms with Gasteiger partial charge in [0, 0.05) is 19.5 Å². The molecule has 38 heavy (non-hydrogen) atoms. The fourth-order valence-electron chi connectivity index (χ4n) is 3.19. The number of carbonyl (C=O) groups excluding carboxylic acids is 3. The van der Waals surface area contributed by atoms with Crippen LogP contribution in [0, 0.1) is 23.7 Å². The first kappa shape index (κ1) is 30.6. The fraction of sp³-hybridized carbons (Fsp3) is 0.500.